The Morgan fingerprint density at radius 1 is 1.10 bits per heavy atom. The molecule has 4 heteroatoms. The Bertz CT molecular complexity index is 464. The molecule has 1 aliphatic rings. The Kier molecular flexibility index (Phi) is 5.12. The van der Waals surface area contributed by atoms with Crippen molar-refractivity contribution in [3.05, 3.63) is 23.8 Å². The van der Waals surface area contributed by atoms with Gasteiger partial charge < -0.3 is 15.1 Å². The lowest BCUT2D eigenvalue weighted by atomic mass is 10.1. The van der Waals surface area contributed by atoms with Gasteiger partial charge in [-0.25, -0.2) is 0 Å². The van der Waals surface area contributed by atoms with E-state index in [0.717, 1.165) is 29.8 Å². The molecule has 0 atom stereocenters. The molecular formula is C17H31N4+. The molecule has 0 aliphatic carbocycles. The summed E-state index contributed by atoms with van der Waals surface area (Å²) < 4.78 is 1.04. The zero-order chi connectivity index (χ0) is 15.5. The molecule has 118 valence electrons. The summed E-state index contributed by atoms with van der Waals surface area (Å²) in [6.07, 6.45) is 1.24. The normalized spacial score (nSPS) is 17.8. The highest BCUT2D eigenvalue weighted by Crippen LogP contribution is 2.21. The van der Waals surface area contributed by atoms with Crippen LogP contribution in [0.15, 0.2) is 18.2 Å². The van der Waals surface area contributed by atoms with Crippen molar-refractivity contribution >= 4 is 11.4 Å². The van der Waals surface area contributed by atoms with Crippen LogP contribution >= 0.6 is 0 Å². The second-order valence-electron chi connectivity index (χ2n) is 7.24. The van der Waals surface area contributed by atoms with Gasteiger partial charge in [-0.15, -0.1) is 0 Å². The summed E-state index contributed by atoms with van der Waals surface area (Å²) in [4.78, 5) is 5.10. The first-order chi connectivity index (χ1) is 9.85. The highest BCUT2D eigenvalue weighted by atomic mass is 15.3. The SMILES string of the molecule is Cc1cc(N2CCCN(CC[N+](C)(C)C)CC2)ccc1N. The van der Waals surface area contributed by atoms with Crippen molar-refractivity contribution in [1.29, 1.82) is 0 Å². The lowest BCUT2D eigenvalue weighted by molar-refractivity contribution is -0.869. The number of nitrogens with zero attached hydrogens (tertiary/aromatic N) is 3. The first-order valence-corrected chi connectivity index (χ1v) is 7.99. The number of hydrogen-bond donors (Lipinski definition) is 1. The fourth-order valence-corrected chi connectivity index (χ4v) is 2.75. The van der Waals surface area contributed by atoms with Crippen molar-refractivity contribution < 1.29 is 4.48 Å². The fraction of sp³-hybridized carbons (Fsp3) is 0.647. The van der Waals surface area contributed by atoms with Gasteiger partial charge in [0.15, 0.2) is 0 Å². The maximum Gasteiger partial charge on any atom is 0.0909 e. The van der Waals surface area contributed by atoms with E-state index in [9.17, 15) is 0 Å². The molecule has 2 rings (SSSR count). The lowest BCUT2D eigenvalue weighted by Gasteiger charge is -2.28. The van der Waals surface area contributed by atoms with E-state index in [4.69, 9.17) is 5.73 Å². The summed E-state index contributed by atoms with van der Waals surface area (Å²) in [6, 6.07) is 6.41. The third-order valence-electron chi connectivity index (χ3n) is 4.29. The maximum atomic E-state index is 5.92. The second kappa shape index (κ2) is 6.67. The van der Waals surface area contributed by atoms with Gasteiger partial charge in [-0.1, -0.05) is 0 Å². The molecule has 4 nitrogen and oxygen atoms in total. The van der Waals surface area contributed by atoms with Crippen molar-refractivity contribution in [2.45, 2.75) is 13.3 Å². The van der Waals surface area contributed by atoms with Crippen LogP contribution < -0.4 is 10.6 Å². The first kappa shape index (κ1) is 16.1. The molecule has 0 unspecified atom stereocenters. The number of nitrogen functional groups attached to an aromatic ring is 1. The molecule has 0 amide bonds. The average molecular weight is 291 g/mol. The Morgan fingerprint density at radius 3 is 2.52 bits per heavy atom. The number of quaternary nitrogens is 1. The van der Waals surface area contributed by atoms with E-state index in [1.165, 1.54) is 37.3 Å². The maximum absolute atomic E-state index is 5.92. The molecule has 0 aromatic heterocycles. The molecular weight excluding hydrogens is 260 g/mol. The van der Waals surface area contributed by atoms with Crippen LogP contribution in [-0.4, -0.2) is 69.8 Å². The van der Waals surface area contributed by atoms with E-state index >= 15 is 0 Å². The smallest absolute Gasteiger partial charge is 0.0909 e. The van der Waals surface area contributed by atoms with E-state index in [0.29, 0.717) is 0 Å². The number of hydrogen-bond acceptors (Lipinski definition) is 3. The number of aryl methyl sites for hydroxylation is 1. The van der Waals surface area contributed by atoms with Crippen LogP contribution in [0.2, 0.25) is 0 Å². The van der Waals surface area contributed by atoms with Crippen molar-refractivity contribution in [3.8, 4) is 0 Å². The lowest BCUT2D eigenvalue weighted by Crippen LogP contribution is -2.43. The predicted molar refractivity (Wildman–Crippen MR) is 91.8 cm³/mol. The van der Waals surface area contributed by atoms with E-state index < -0.39 is 0 Å². The number of benzene rings is 1. The molecule has 0 saturated carbocycles. The van der Waals surface area contributed by atoms with Gasteiger partial charge in [-0.05, 0) is 37.1 Å². The highest BCUT2D eigenvalue weighted by Gasteiger charge is 2.17. The molecule has 1 saturated heterocycles. The zero-order valence-electron chi connectivity index (χ0n) is 14.1. The van der Waals surface area contributed by atoms with Gasteiger partial charge in [-0.3, -0.25) is 4.90 Å². The molecule has 1 aromatic rings. The summed E-state index contributed by atoms with van der Waals surface area (Å²) in [5.41, 5.74) is 9.30. The van der Waals surface area contributed by atoms with Crippen molar-refractivity contribution in [3.63, 3.8) is 0 Å². The molecule has 1 aliphatic heterocycles. The zero-order valence-corrected chi connectivity index (χ0v) is 14.1. The average Bonchev–Trinajstić information content (AvgIpc) is 2.64. The van der Waals surface area contributed by atoms with Gasteiger partial charge >= 0.3 is 0 Å². The monoisotopic (exact) mass is 291 g/mol. The Morgan fingerprint density at radius 2 is 1.86 bits per heavy atom. The summed E-state index contributed by atoms with van der Waals surface area (Å²) in [7, 11) is 6.80. The van der Waals surface area contributed by atoms with E-state index in [1.807, 2.05) is 6.07 Å². The van der Waals surface area contributed by atoms with Crippen LogP contribution in [0.3, 0.4) is 0 Å². The van der Waals surface area contributed by atoms with Crippen LogP contribution in [0.5, 0.6) is 0 Å². The molecule has 1 fully saturated rings. The van der Waals surface area contributed by atoms with Gasteiger partial charge in [0.2, 0.25) is 0 Å². The molecule has 0 bridgehead atoms. The number of rotatable bonds is 4. The summed E-state index contributed by atoms with van der Waals surface area (Å²) >= 11 is 0. The van der Waals surface area contributed by atoms with Crippen molar-refractivity contribution in [1.82, 2.24) is 4.90 Å². The predicted octanol–water partition coefficient (Wildman–Crippen LogP) is 1.80. The Balaban J connectivity index is 1.92. The molecule has 1 aromatic carbocycles. The Hall–Kier alpha value is -1.26. The Labute approximate surface area is 129 Å². The highest BCUT2D eigenvalue weighted by molar-refractivity contribution is 5.58. The standard InChI is InChI=1S/C17H31N4/c1-15-14-16(6-7-17(15)18)20-9-5-8-19(10-11-20)12-13-21(2,3)4/h6-7,14H,5,8-13,18H2,1-4H3/q+1. The molecule has 21 heavy (non-hydrogen) atoms. The van der Waals surface area contributed by atoms with Gasteiger partial charge in [-0.2, -0.15) is 0 Å². The molecule has 2 N–H and O–H groups in total. The quantitative estimate of drug-likeness (QED) is 0.678. The second-order valence-corrected chi connectivity index (χ2v) is 7.24. The van der Waals surface area contributed by atoms with Crippen LogP contribution in [0.4, 0.5) is 11.4 Å². The van der Waals surface area contributed by atoms with Gasteiger partial charge in [0.05, 0.1) is 27.7 Å². The third-order valence-corrected chi connectivity index (χ3v) is 4.29. The van der Waals surface area contributed by atoms with Crippen LogP contribution in [0, 0.1) is 6.92 Å². The summed E-state index contributed by atoms with van der Waals surface area (Å²) in [5.74, 6) is 0. The van der Waals surface area contributed by atoms with Crippen LogP contribution in [-0.2, 0) is 0 Å². The molecule has 0 radical (unpaired) electrons. The minimum atomic E-state index is 0.887. The molecule has 0 spiro atoms. The first-order valence-electron chi connectivity index (χ1n) is 7.99. The van der Waals surface area contributed by atoms with Gasteiger partial charge in [0.25, 0.3) is 0 Å². The largest absolute Gasteiger partial charge is 0.399 e. The summed E-state index contributed by atoms with van der Waals surface area (Å²) in [6.45, 7) is 9.11. The van der Waals surface area contributed by atoms with E-state index in [2.05, 4.69) is 50.0 Å². The van der Waals surface area contributed by atoms with Crippen LogP contribution in [0.1, 0.15) is 12.0 Å². The topological polar surface area (TPSA) is 32.5 Å². The van der Waals surface area contributed by atoms with Gasteiger partial charge in [0.1, 0.15) is 0 Å². The molecule has 1 heterocycles. The minimum Gasteiger partial charge on any atom is -0.399 e. The third kappa shape index (κ3) is 4.90. The number of anilines is 2. The van der Waals surface area contributed by atoms with Crippen molar-refractivity contribution in [2.75, 3.05) is 71.0 Å². The number of nitrogens with two attached hydrogens (primary N) is 1. The fourth-order valence-electron chi connectivity index (χ4n) is 2.75. The van der Waals surface area contributed by atoms with E-state index in [1.54, 1.807) is 0 Å². The van der Waals surface area contributed by atoms with Crippen molar-refractivity contribution in [2.24, 2.45) is 0 Å². The minimum absolute atomic E-state index is 0.887. The van der Waals surface area contributed by atoms with E-state index in [-0.39, 0.29) is 0 Å². The summed E-state index contributed by atoms with van der Waals surface area (Å²) in [5, 5.41) is 0. The number of likely N-dealkylation sites (N-methyl/N-ethyl adjacent to an activating group) is 1. The van der Waals surface area contributed by atoms with Crippen LogP contribution in [0.25, 0.3) is 0 Å². The van der Waals surface area contributed by atoms with Gasteiger partial charge in [0, 0.05) is 44.1 Å².